The van der Waals surface area contributed by atoms with Gasteiger partial charge < -0.3 is 15.2 Å². The van der Waals surface area contributed by atoms with Crippen molar-refractivity contribution >= 4 is 17.0 Å². The van der Waals surface area contributed by atoms with Crippen molar-refractivity contribution in [3.05, 3.63) is 35.9 Å². The molecule has 0 aliphatic heterocycles. The van der Waals surface area contributed by atoms with Gasteiger partial charge in [-0.3, -0.25) is 4.79 Å². The molecule has 0 spiro atoms. The van der Waals surface area contributed by atoms with Gasteiger partial charge in [-0.1, -0.05) is 56.5 Å². The highest BCUT2D eigenvalue weighted by molar-refractivity contribution is 7.79. The van der Waals surface area contributed by atoms with Gasteiger partial charge in [0.05, 0.1) is 11.8 Å². The minimum absolute atomic E-state index is 0.000437. The first-order valence-electron chi connectivity index (χ1n) is 8.76. The molecule has 1 aromatic carbocycles. The standard InChI is InChI=1S/C18H30N2O3S/c1-2-3-4-8-12-20-18(21)17(19-13-9-14-24(22)23)15-16-10-6-5-7-11-16/h5-7,10-11,17,19H,2-4,8-9,12-15H2,1H3,(H,20,21)(H,22,23). The predicted octanol–water partition coefficient (Wildman–Crippen LogP) is 2.50. The zero-order chi connectivity index (χ0) is 17.6. The first-order chi connectivity index (χ1) is 11.6. The van der Waals surface area contributed by atoms with Crippen molar-refractivity contribution in [2.24, 2.45) is 0 Å². The summed E-state index contributed by atoms with van der Waals surface area (Å²) in [6.07, 6.45) is 5.69. The summed E-state index contributed by atoms with van der Waals surface area (Å²) >= 11 is -1.78. The SMILES string of the molecule is CCCCCCNC(=O)C(Cc1ccccc1)NCCCS(=O)O. The molecule has 0 aliphatic carbocycles. The van der Waals surface area contributed by atoms with Crippen molar-refractivity contribution in [2.75, 3.05) is 18.8 Å². The molecule has 0 heterocycles. The van der Waals surface area contributed by atoms with Crippen LogP contribution in [-0.4, -0.2) is 39.6 Å². The number of hydrogen-bond donors (Lipinski definition) is 3. The van der Waals surface area contributed by atoms with Gasteiger partial charge in [-0.15, -0.1) is 0 Å². The van der Waals surface area contributed by atoms with Gasteiger partial charge in [-0.25, -0.2) is 4.21 Å². The van der Waals surface area contributed by atoms with E-state index in [1.54, 1.807) is 0 Å². The summed E-state index contributed by atoms with van der Waals surface area (Å²) in [6, 6.07) is 9.58. The van der Waals surface area contributed by atoms with E-state index in [2.05, 4.69) is 17.6 Å². The second kappa shape index (κ2) is 13.1. The maximum atomic E-state index is 12.4. The van der Waals surface area contributed by atoms with Gasteiger partial charge in [0.15, 0.2) is 11.1 Å². The average molecular weight is 355 g/mol. The number of rotatable bonds is 13. The average Bonchev–Trinajstić information content (AvgIpc) is 2.58. The molecule has 5 nitrogen and oxygen atoms in total. The lowest BCUT2D eigenvalue weighted by atomic mass is 10.0. The summed E-state index contributed by atoms with van der Waals surface area (Å²) in [7, 11) is 0. The third-order valence-electron chi connectivity index (χ3n) is 3.82. The normalized spacial score (nSPS) is 13.4. The Bertz CT molecular complexity index is 482. The lowest BCUT2D eigenvalue weighted by molar-refractivity contribution is -0.123. The summed E-state index contributed by atoms with van der Waals surface area (Å²) < 4.78 is 19.5. The van der Waals surface area contributed by atoms with Crippen LogP contribution in [-0.2, 0) is 22.3 Å². The molecule has 1 aromatic rings. The molecule has 0 radical (unpaired) electrons. The van der Waals surface area contributed by atoms with Crippen LogP contribution in [0.4, 0.5) is 0 Å². The Morgan fingerprint density at radius 2 is 1.88 bits per heavy atom. The molecule has 0 fully saturated rings. The van der Waals surface area contributed by atoms with Gasteiger partial charge in [0.1, 0.15) is 0 Å². The molecule has 136 valence electrons. The zero-order valence-corrected chi connectivity index (χ0v) is 15.3. The fourth-order valence-corrected chi connectivity index (χ4v) is 2.86. The molecule has 0 aromatic heterocycles. The maximum Gasteiger partial charge on any atom is 0.237 e. The summed E-state index contributed by atoms with van der Waals surface area (Å²) in [5, 5.41) is 6.22. The smallest absolute Gasteiger partial charge is 0.237 e. The molecule has 0 saturated carbocycles. The van der Waals surface area contributed by atoms with Crippen LogP contribution in [0, 0.1) is 0 Å². The largest absolute Gasteiger partial charge is 0.355 e. The van der Waals surface area contributed by atoms with Crippen molar-refractivity contribution in [3.63, 3.8) is 0 Å². The minimum Gasteiger partial charge on any atom is -0.355 e. The van der Waals surface area contributed by atoms with E-state index in [4.69, 9.17) is 4.55 Å². The van der Waals surface area contributed by atoms with E-state index in [0.717, 1.165) is 18.4 Å². The van der Waals surface area contributed by atoms with E-state index in [1.807, 2.05) is 30.3 Å². The number of carbonyl (C=O) groups is 1. The molecule has 6 heteroatoms. The van der Waals surface area contributed by atoms with Crippen molar-refractivity contribution in [1.82, 2.24) is 10.6 Å². The van der Waals surface area contributed by atoms with Crippen molar-refractivity contribution in [2.45, 2.75) is 51.5 Å². The van der Waals surface area contributed by atoms with Crippen molar-refractivity contribution < 1.29 is 13.6 Å². The minimum atomic E-state index is -1.78. The molecule has 3 N–H and O–H groups in total. The van der Waals surface area contributed by atoms with Crippen LogP contribution in [0.5, 0.6) is 0 Å². The molecular formula is C18H30N2O3S. The Labute approximate surface area is 147 Å². The van der Waals surface area contributed by atoms with Crippen LogP contribution < -0.4 is 10.6 Å². The topological polar surface area (TPSA) is 78.4 Å². The fraction of sp³-hybridized carbons (Fsp3) is 0.611. The van der Waals surface area contributed by atoms with Crippen LogP contribution in [0.2, 0.25) is 0 Å². The van der Waals surface area contributed by atoms with E-state index < -0.39 is 11.1 Å². The van der Waals surface area contributed by atoms with Gasteiger partial charge in [0, 0.05) is 6.54 Å². The van der Waals surface area contributed by atoms with Crippen LogP contribution in [0.25, 0.3) is 0 Å². The molecule has 0 aliphatic rings. The van der Waals surface area contributed by atoms with Crippen LogP contribution in [0.3, 0.4) is 0 Å². The second-order valence-electron chi connectivity index (χ2n) is 5.93. The van der Waals surface area contributed by atoms with Gasteiger partial charge in [0.25, 0.3) is 0 Å². The highest BCUT2D eigenvalue weighted by atomic mass is 32.2. The van der Waals surface area contributed by atoms with Gasteiger partial charge in [0.2, 0.25) is 5.91 Å². The Morgan fingerprint density at radius 3 is 2.54 bits per heavy atom. The predicted molar refractivity (Wildman–Crippen MR) is 99.3 cm³/mol. The van der Waals surface area contributed by atoms with E-state index in [1.165, 1.54) is 12.8 Å². The van der Waals surface area contributed by atoms with Crippen LogP contribution in [0.1, 0.15) is 44.6 Å². The molecule has 0 bridgehead atoms. The molecule has 2 atom stereocenters. The highest BCUT2D eigenvalue weighted by Gasteiger charge is 2.17. The monoisotopic (exact) mass is 354 g/mol. The molecule has 2 unspecified atom stereocenters. The Kier molecular flexibility index (Phi) is 11.4. The van der Waals surface area contributed by atoms with Crippen molar-refractivity contribution in [1.29, 1.82) is 0 Å². The summed E-state index contributed by atoms with van der Waals surface area (Å²) in [5.41, 5.74) is 1.10. The first-order valence-corrected chi connectivity index (χ1v) is 10.0. The molecule has 1 rings (SSSR count). The van der Waals surface area contributed by atoms with E-state index in [0.29, 0.717) is 25.9 Å². The number of hydrogen-bond acceptors (Lipinski definition) is 3. The number of nitrogens with one attached hydrogen (secondary N) is 2. The maximum absolute atomic E-state index is 12.4. The summed E-state index contributed by atoms with van der Waals surface area (Å²) in [5.74, 6) is 0.226. The van der Waals surface area contributed by atoms with Gasteiger partial charge in [-0.05, 0) is 31.4 Å². The fourth-order valence-electron chi connectivity index (χ4n) is 2.47. The lowest BCUT2D eigenvalue weighted by Crippen LogP contribution is -2.46. The Hall–Kier alpha value is -1.24. The third kappa shape index (κ3) is 9.80. The second-order valence-corrected chi connectivity index (χ2v) is 6.98. The molecule has 1 amide bonds. The quantitative estimate of drug-likeness (QED) is 0.376. The third-order valence-corrected chi connectivity index (χ3v) is 4.45. The molecule has 24 heavy (non-hydrogen) atoms. The zero-order valence-electron chi connectivity index (χ0n) is 14.5. The lowest BCUT2D eigenvalue weighted by Gasteiger charge is -2.18. The number of unbranched alkanes of at least 4 members (excludes halogenated alkanes) is 3. The summed E-state index contributed by atoms with van der Waals surface area (Å²) in [4.78, 5) is 12.4. The van der Waals surface area contributed by atoms with Gasteiger partial charge in [-0.2, -0.15) is 0 Å². The van der Waals surface area contributed by atoms with Crippen molar-refractivity contribution in [3.8, 4) is 0 Å². The first kappa shape index (κ1) is 20.8. The number of carbonyl (C=O) groups excluding carboxylic acids is 1. The van der Waals surface area contributed by atoms with E-state index in [-0.39, 0.29) is 17.7 Å². The number of benzene rings is 1. The van der Waals surface area contributed by atoms with Gasteiger partial charge >= 0.3 is 0 Å². The van der Waals surface area contributed by atoms with Crippen LogP contribution >= 0.6 is 0 Å². The summed E-state index contributed by atoms with van der Waals surface area (Å²) in [6.45, 7) is 3.41. The van der Waals surface area contributed by atoms with Crippen LogP contribution in [0.15, 0.2) is 30.3 Å². The Morgan fingerprint density at radius 1 is 1.12 bits per heavy atom. The molecular weight excluding hydrogens is 324 g/mol. The number of amides is 1. The van der Waals surface area contributed by atoms with E-state index >= 15 is 0 Å². The molecule has 0 saturated heterocycles. The van der Waals surface area contributed by atoms with E-state index in [9.17, 15) is 9.00 Å². The Balaban J connectivity index is 2.46. The highest BCUT2D eigenvalue weighted by Crippen LogP contribution is 2.04.